The summed E-state index contributed by atoms with van der Waals surface area (Å²) in [6.07, 6.45) is 2.89. The van der Waals surface area contributed by atoms with Gasteiger partial charge in [-0.15, -0.1) is 0 Å². The Kier molecular flexibility index (Phi) is 3.85. The average Bonchev–Trinajstić information content (AvgIpc) is 2.80. The number of nitrogens with zero attached hydrogens (tertiary/aromatic N) is 4. The molecule has 114 valence electrons. The van der Waals surface area contributed by atoms with Crippen molar-refractivity contribution in [1.82, 2.24) is 19.8 Å². The van der Waals surface area contributed by atoms with E-state index < -0.39 is 5.54 Å². The minimum atomic E-state index is -0.811. The molecule has 0 bridgehead atoms. The number of hydrogen-bond acceptors (Lipinski definition) is 5. The van der Waals surface area contributed by atoms with Gasteiger partial charge in [-0.1, -0.05) is 0 Å². The zero-order chi connectivity index (χ0) is 15.8. The zero-order valence-corrected chi connectivity index (χ0v) is 12.9. The number of aromatic nitrogens is 2. The van der Waals surface area contributed by atoms with Crippen molar-refractivity contribution in [3.63, 3.8) is 0 Å². The Morgan fingerprint density at radius 2 is 2.10 bits per heavy atom. The van der Waals surface area contributed by atoms with Crippen LogP contribution in [0.1, 0.15) is 35.8 Å². The molecule has 2 heterocycles. The van der Waals surface area contributed by atoms with Crippen LogP contribution in [0.5, 0.6) is 0 Å². The van der Waals surface area contributed by atoms with E-state index >= 15 is 0 Å². The van der Waals surface area contributed by atoms with Crippen molar-refractivity contribution < 1.29 is 9.59 Å². The van der Waals surface area contributed by atoms with E-state index in [0.29, 0.717) is 24.2 Å². The third kappa shape index (κ3) is 2.55. The van der Waals surface area contributed by atoms with E-state index in [1.165, 1.54) is 11.1 Å². The van der Waals surface area contributed by atoms with Gasteiger partial charge in [0, 0.05) is 26.8 Å². The van der Waals surface area contributed by atoms with E-state index in [4.69, 9.17) is 5.73 Å². The smallest absolute Gasteiger partial charge is 0.258 e. The average molecular weight is 291 g/mol. The molecular formula is C14H21N5O2. The number of amides is 2. The van der Waals surface area contributed by atoms with E-state index in [1.807, 2.05) is 6.92 Å². The van der Waals surface area contributed by atoms with Crippen molar-refractivity contribution >= 4 is 17.8 Å². The third-order valence-electron chi connectivity index (χ3n) is 3.98. The van der Waals surface area contributed by atoms with Crippen LogP contribution in [0.15, 0.2) is 6.20 Å². The van der Waals surface area contributed by atoms with Crippen LogP contribution < -0.4 is 5.73 Å². The molecule has 0 spiro atoms. The van der Waals surface area contributed by atoms with Crippen LogP contribution in [-0.2, 0) is 4.79 Å². The zero-order valence-electron chi connectivity index (χ0n) is 12.9. The molecule has 7 heteroatoms. The number of hydrogen-bond donors (Lipinski definition) is 1. The molecular weight excluding hydrogens is 270 g/mol. The molecule has 1 aromatic heterocycles. The fourth-order valence-electron chi connectivity index (χ4n) is 2.83. The first-order chi connectivity index (χ1) is 9.77. The molecule has 0 aliphatic carbocycles. The maximum absolute atomic E-state index is 12.8. The summed E-state index contributed by atoms with van der Waals surface area (Å²) < 4.78 is 0. The molecule has 1 aliphatic heterocycles. The van der Waals surface area contributed by atoms with E-state index in [1.54, 1.807) is 25.9 Å². The number of carbonyl (C=O) groups is 2. The molecule has 1 saturated heterocycles. The van der Waals surface area contributed by atoms with Crippen LogP contribution in [0.2, 0.25) is 0 Å². The lowest BCUT2D eigenvalue weighted by atomic mass is 9.96. The van der Waals surface area contributed by atoms with Gasteiger partial charge in [0.25, 0.3) is 5.91 Å². The van der Waals surface area contributed by atoms with Crippen LogP contribution in [0.4, 0.5) is 5.95 Å². The summed E-state index contributed by atoms with van der Waals surface area (Å²) in [5.41, 5.74) is 5.62. The highest BCUT2D eigenvalue weighted by atomic mass is 16.2. The van der Waals surface area contributed by atoms with Gasteiger partial charge in [-0.25, -0.2) is 9.97 Å². The van der Waals surface area contributed by atoms with Gasteiger partial charge in [0.15, 0.2) is 0 Å². The Morgan fingerprint density at radius 3 is 2.67 bits per heavy atom. The second-order valence-electron chi connectivity index (χ2n) is 5.76. The highest BCUT2D eigenvalue weighted by Gasteiger charge is 2.46. The third-order valence-corrected chi connectivity index (χ3v) is 3.98. The van der Waals surface area contributed by atoms with Crippen molar-refractivity contribution in [2.75, 3.05) is 26.4 Å². The van der Waals surface area contributed by atoms with Gasteiger partial charge in [-0.3, -0.25) is 9.59 Å². The summed E-state index contributed by atoms with van der Waals surface area (Å²) in [6, 6.07) is 0. The van der Waals surface area contributed by atoms with Gasteiger partial charge in [-0.2, -0.15) is 0 Å². The van der Waals surface area contributed by atoms with E-state index in [9.17, 15) is 9.59 Å². The summed E-state index contributed by atoms with van der Waals surface area (Å²) in [5.74, 6) is -0.150. The van der Waals surface area contributed by atoms with Crippen LogP contribution in [0.25, 0.3) is 0 Å². The molecule has 0 radical (unpaired) electrons. The van der Waals surface area contributed by atoms with E-state index in [2.05, 4.69) is 9.97 Å². The van der Waals surface area contributed by atoms with Crippen molar-refractivity contribution in [2.45, 2.75) is 32.2 Å². The monoisotopic (exact) mass is 291 g/mol. The molecule has 21 heavy (non-hydrogen) atoms. The molecule has 1 aromatic rings. The maximum Gasteiger partial charge on any atom is 0.258 e. The number of anilines is 1. The van der Waals surface area contributed by atoms with Gasteiger partial charge >= 0.3 is 0 Å². The summed E-state index contributed by atoms with van der Waals surface area (Å²) in [5, 5.41) is 0. The molecule has 2 amide bonds. The van der Waals surface area contributed by atoms with Gasteiger partial charge in [0.2, 0.25) is 11.9 Å². The summed E-state index contributed by atoms with van der Waals surface area (Å²) in [7, 11) is 3.40. The van der Waals surface area contributed by atoms with Crippen LogP contribution in [0, 0.1) is 6.92 Å². The van der Waals surface area contributed by atoms with Crippen LogP contribution in [-0.4, -0.2) is 57.8 Å². The van der Waals surface area contributed by atoms with Crippen LogP contribution in [0.3, 0.4) is 0 Å². The minimum absolute atomic E-state index is 0.0673. The van der Waals surface area contributed by atoms with Gasteiger partial charge in [0.1, 0.15) is 5.54 Å². The highest BCUT2D eigenvalue weighted by molar-refractivity contribution is 6.00. The van der Waals surface area contributed by atoms with E-state index in [0.717, 1.165) is 6.42 Å². The predicted molar refractivity (Wildman–Crippen MR) is 78.6 cm³/mol. The Balaban J connectivity index is 2.36. The molecule has 1 aliphatic rings. The number of nitrogens with two attached hydrogens (primary N) is 1. The fourth-order valence-corrected chi connectivity index (χ4v) is 2.83. The maximum atomic E-state index is 12.8. The second-order valence-corrected chi connectivity index (χ2v) is 5.76. The molecule has 1 unspecified atom stereocenters. The number of nitrogen functional groups attached to an aromatic ring is 1. The number of rotatable bonds is 2. The lowest BCUT2D eigenvalue weighted by Crippen LogP contribution is -2.55. The first-order valence-corrected chi connectivity index (χ1v) is 6.90. The van der Waals surface area contributed by atoms with Crippen molar-refractivity contribution in [2.24, 2.45) is 0 Å². The minimum Gasteiger partial charge on any atom is -0.368 e. The predicted octanol–water partition coefficient (Wildman–Crippen LogP) is 0.450. The highest BCUT2D eigenvalue weighted by Crippen LogP contribution is 2.32. The van der Waals surface area contributed by atoms with Crippen LogP contribution >= 0.6 is 0 Å². The lowest BCUT2D eigenvalue weighted by Gasteiger charge is -2.36. The number of aryl methyl sites for hydroxylation is 1. The quantitative estimate of drug-likeness (QED) is 0.854. The lowest BCUT2D eigenvalue weighted by molar-refractivity contribution is -0.138. The molecule has 1 atom stereocenters. The molecule has 2 rings (SSSR count). The normalized spacial score (nSPS) is 21.4. The van der Waals surface area contributed by atoms with Crippen molar-refractivity contribution in [1.29, 1.82) is 0 Å². The Bertz CT molecular complexity index is 587. The Hall–Kier alpha value is -2.18. The van der Waals surface area contributed by atoms with Crippen molar-refractivity contribution in [3.8, 4) is 0 Å². The summed E-state index contributed by atoms with van der Waals surface area (Å²) >= 11 is 0. The summed E-state index contributed by atoms with van der Waals surface area (Å²) in [4.78, 5) is 36.2. The fraction of sp³-hybridized carbons (Fsp3) is 0.571. The van der Waals surface area contributed by atoms with E-state index in [-0.39, 0.29) is 17.8 Å². The second kappa shape index (κ2) is 5.31. The molecule has 2 N–H and O–H groups in total. The first-order valence-electron chi connectivity index (χ1n) is 6.90. The Labute approximate surface area is 124 Å². The largest absolute Gasteiger partial charge is 0.368 e. The molecule has 0 saturated carbocycles. The SMILES string of the molecule is Cc1nc(N)ncc1C(=O)N1CCCC1(C)C(=O)N(C)C. The first kappa shape index (κ1) is 15.2. The molecule has 0 aromatic carbocycles. The van der Waals surface area contributed by atoms with Gasteiger partial charge in [0.05, 0.1) is 11.3 Å². The number of carbonyl (C=O) groups excluding carboxylic acids is 2. The van der Waals surface area contributed by atoms with Crippen molar-refractivity contribution in [3.05, 3.63) is 17.5 Å². The topological polar surface area (TPSA) is 92.4 Å². The number of likely N-dealkylation sites (N-methyl/N-ethyl adjacent to an activating group) is 1. The standard InChI is InChI=1S/C14H21N5O2/c1-9-10(8-16-13(15)17-9)11(20)19-7-5-6-14(19,2)12(21)18(3)4/h8H,5-7H2,1-4H3,(H2,15,16,17). The van der Waals surface area contributed by atoms with Gasteiger partial charge in [-0.05, 0) is 26.7 Å². The molecule has 1 fully saturated rings. The van der Waals surface area contributed by atoms with Gasteiger partial charge < -0.3 is 15.5 Å². The molecule has 7 nitrogen and oxygen atoms in total. The summed E-state index contributed by atoms with van der Waals surface area (Å²) in [6.45, 7) is 4.08. The Morgan fingerprint density at radius 1 is 1.43 bits per heavy atom. The number of likely N-dealkylation sites (tertiary alicyclic amines) is 1.